The van der Waals surface area contributed by atoms with Gasteiger partial charge in [-0.2, -0.15) is 0 Å². The molecule has 3 aromatic carbocycles. The zero-order valence-corrected chi connectivity index (χ0v) is 42.3. The molecule has 0 saturated carbocycles. The summed E-state index contributed by atoms with van der Waals surface area (Å²) in [6, 6.07) is 15.7. The van der Waals surface area contributed by atoms with E-state index in [1.165, 1.54) is 0 Å². The van der Waals surface area contributed by atoms with Gasteiger partial charge in [-0.3, -0.25) is 9.59 Å². The number of ether oxygens (including phenoxy) is 8. The number of hydrogen-bond acceptors (Lipinski definition) is 14. The van der Waals surface area contributed by atoms with Gasteiger partial charge in [-0.05, 0) is 95.1 Å². The number of carbonyl (C=O) groups excluding carboxylic acids is 2. The molecule has 0 radical (unpaired) electrons. The summed E-state index contributed by atoms with van der Waals surface area (Å²) < 4.78 is 46.9. The second-order valence-corrected chi connectivity index (χ2v) is 20.9. The van der Waals surface area contributed by atoms with Crippen LogP contribution in [0.3, 0.4) is 0 Å². The van der Waals surface area contributed by atoms with Crippen LogP contribution in [0.25, 0.3) is 6.08 Å². The Kier molecular flexibility index (Phi) is 14.6. The molecule has 2 saturated heterocycles. The monoisotopic (exact) mass is 968 g/mol. The van der Waals surface area contributed by atoms with E-state index in [1.807, 2.05) is 66.8 Å². The van der Waals surface area contributed by atoms with E-state index in [1.54, 1.807) is 64.2 Å². The molecule has 8 rings (SSSR count). The van der Waals surface area contributed by atoms with Crippen LogP contribution in [0.4, 0.5) is 11.4 Å². The summed E-state index contributed by atoms with van der Waals surface area (Å²) in [4.78, 5) is 31.5. The average molecular weight is 969 g/mol. The smallest absolute Gasteiger partial charge is 0.251 e. The molecule has 68 heavy (non-hydrogen) atoms. The number of hydrogen-bond donors (Lipinski definition) is 2. The molecule has 14 nitrogen and oxygen atoms in total. The lowest BCUT2D eigenvalue weighted by Gasteiger charge is -2.40. The molecule has 2 N–H and O–H groups in total. The minimum absolute atomic E-state index is 0.119. The van der Waals surface area contributed by atoms with Gasteiger partial charge in [0.25, 0.3) is 11.8 Å². The number of nitrogens with one attached hydrogen (secondary N) is 2. The zero-order valence-electron chi connectivity index (χ0n) is 40.7. The maximum atomic E-state index is 13.5. The van der Waals surface area contributed by atoms with Crippen molar-refractivity contribution in [3.63, 3.8) is 0 Å². The minimum Gasteiger partial charge on any atom is -0.498 e. The van der Waals surface area contributed by atoms with Crippen LogP contribution in [0.1, 0.15) is 65.1 Å². The standard InChI is InChI=1S/C52H64N4O10S2/c1-49(2)37-31-35(11-13-39(37)55-21-23-65-51(49,55)17-15-33-27-41(59-5)45(63-9)42(28-33)60-6)47(57)53-19-25-67-68-26-20-54-48(58)36-12-14-40-38(32-36)50(3,4)52(56(40)22-24-66-52)18-16-34-29-43(61-7)46(64-10)44(30-34)62-8/h11-18,27-32,41,45H,19-26H2,1-10H3,(H,53,57)(H,54,58)/b17-15+,18-16+. The largest absolute Gasteiger partial charge is 0.498 e. The van der Waals surface area contributed by atoms with E-state index in [9.17, 15) is 9.59 Å². The predicted molar refractivity (Wildman–Crippen MR) is 270 cm³/mol. The highest BCUT2D eigenvalue weighted by atomic mass is 33.1. The molecule has 4 atom stereocenters. The first-order valence-corrected chi connectivity index (χ1v) is 25.4. The second kappa shape index (κ2) is 20.1. The van der Waals surface area contributed by atoms with E-state index in [-0.39, 0.29) is 24.0 Å². The Bertz CT molecular complexity index is 2500. The minimum atomic E-state index is -0.753. The van der Waals surface area contributed by atoms with Crippen LogP contribution in [0, 0.1) is 0 Å². The SMILES string of the molecule is COC1=CC(/C=C/C23OCCN2c2ccc(C(=O)NCCSSCCNC(=O)c4ccc5c(c4)C(C)(C)C4(/C=C/c6cc(OC)c(OC)c(OC)c6)OCCN54)cc2C3(C)C)=CC(OC)C1OC. The molecule has 0 aromatic heterocycles. The maximum Gasteiger partial charge on any atom is 0.251 e. The molecule has 2 amide bonds. The summed E-state index contributed by atoms with van der Waals surface area (Å²) in [5, 5.41) is 6.19. The first-order valence-electron chi connectivity index (χ1n) is 22.9. The molecule has 4 aliphatic heterocycles. The van der Waals surface area contributed by atoms with Crippen LogP contribution >= 0.6 is 21.6 Å². The number of amides is 2. The highest BCUT2D eigenvalue weighted by Gasteiger charge is 2.60. The topological polar surface area (TPSA) is 139 Å². The van der Waals surface area contributed by atoms with Gasteiger partial charge in [0.2, 0.25) is 5.75 Å². The van der Waals surface area contributed by atoms with E-state index in [0.717, 1.165) is 46.7 Å². The molecule has 4 unspecified atom stereocenters. The number of rotatable bonds is 19. The molecule has 0 bridgehead atoms. The highest BCUT2D eigenvalue weighted by Crippen LogP contribution is 2.57. The molecular formula is C52H64N4O10S2. The van der Waals surface area contributed by atoms with Gasteiger partial charge in [-0.1, -0.05) is 61.4 Å². The van der Waals surface area contributed by atoms with E-state index in [0.29, 0.717) is 71.9 Å². The Morgan fingerprint density at radius 1 is 0.691 bits per heavy atom. The van der Waals surface area contributed by atoms with Crippen molar-refractivity contribution < 1.29 is 47.5 Å². The lowest BCUT2D eigenvalue weighted by atomic mass is 9.76. The summed E-state index contributed by atoms with van der Waals surface area (Å²) in [6.45, 7) is 12.3. The molecule has 3 aromatic rings. The average Bonchev–Trinajstić information content (AvgIpc) is 4.08. The van der Waals surface area contributed by atoms with E-state index < -0.39 is 22.3 Å². The fraction of sp³-hybridized carbons (Fsp3) is 0.462. The fourth-order valence-corrected chi connectivity index (χ4v) is 12.2. The number of anilines is 2. The normalized spacial score (nSPS) is 24.0. The number of fused-ring (bicyclic) bond motifs is 6. The van der Waals surface area contributed by atoms with Crippen LogP contribution in [-0.4, -0.2) is 129 Å². The predicted octanol–water partition coefficient (Wildman–Crippen LogP) is 7.67. The van der Waals surface area contributed by atoms with E-state index in [2.05, 4.69) is 66.4 Å². The van der Waals surface area contributed by atoms with Crippen molar-refractivity contribution in [1.82, 2.24) is 10.6 Å². The van der Waals surface area contributed by atoms with Crippen molar-refractivity contribution in [2.24, 2.45) is 0 Å². The van der Waals surface area contributed by atoms with Crippen LogP contribution in [-0.2, 0) is 34.5 Å². The summed E-state index contributed by atoms with van der Waals surface area (Å²) in [5.74, 6) is 3.56. The van der Waals surface area contributed by atoms with E-state index in [4.69, 9.17) is 37.9 Å². The molecule has 5 aliphatic rings. The van der Waals surface area contributed by atoms with Crippen molar-refractivity contribution in [3.05, 3.63) is 118 Å². The van der Waals surface area contributed by atoms with E-state index >= 15 is 0 Å². The summed E-state index contributed by atoms with van der Waals surface area (Å²) >= 11 is 0. The number of nitrogens with zero attached hydrogens (tertiary/aromatic N) is 2. The fourth-order valence-electron chi connectivity index (χ4n) is 10.4. The highest BCUT2D eigenvalue weighted by molar-refractivity contribution is 8.76. The Labute approximate surface area is 408 Å². The quantitative estimate of drug-likeness (QED) is 0.0898. The first-order chi connectivity index (χ1) is 32.7. The first kappa shape index (κ1) is 49.3. The Hall–Kier alpha value is -5.10. The summed E-state index contributed by atoms with van der Waals surface area (Å²) in [6.07, 6.45) is 11.7. The van der Waals surface area contributed by atoms with Gasteiger partial charge in [0, 0.05) is 85.2 Å². The molecule has 0 spiro atoms. The lowest BCUT2D eigenvalue weighted by Crippen LogP contribution is -2.51. The van der Waals surface area contributed by atoms with Gasteiger partial charge >= 0.3 is 0 Å². The van der Waals surface area contributed by atoms with Crippen LogP contribution in [0.2, 0.25) is 0 Å². The van der Waals surface area contributed by atoms with Gasteiger partial charge in [-0.25, -0.2) is 0 Å². The number of methoxy groups -OCH3 is 6. The Balaban J connectivity index is 0.817. The third-order valence-electron chi connectivity index (χ3n) is 14.0. The van der Waals surface area contributed by atoms with Gasteiger partial charge in [0.05, 0.1) is 41.7 Å². The van der Waals surface area contributed by atoms with Crippen LogP contribution in [0.15, 0.2) is 90.2 Å². The van der Waals surface area contributed by atoms with Crippen molar-refractivity contribution in [2.75, 3.05) is 103 Å². The van der Waals surface area contributed by atoms with Gasteiger partial charge < -0.3 is 58.3 Å². The molecule has 2 fully saturated rings. The summed E-state index contributed by atoms with van der Waals surface area (Å²) in [5.41, 5.74) is 4.81. The van der Waals surface area contributed by atoms with Crippen LogP contribution in [0.5, 0.6) is 17.2 Å². The number of allylic oxidation sites excluding steroid dienone is 3. The van der Waals surface area contributed by atoms with Gasteiger partial charge in [0.1, 0.15) is 18.0 Å². The molecule has 4 heterocycles. The maximum absolute atomic E-state index is 13.5. The zero-order chi connectivity index (χ0) is 48.4. The Morgan fingerprint density at radius 3 is 1.66 bits per heavy atom. The van der Waals surface area contributed by atoms with Crippen molar-refractivity contribution in [2.45, 2.75) is 62.2 Å². The Morgan fingerprint density at radius 2 is 1.21 bits per heavy atom. The summed E-state index contributed by atoms with van der Waals surface area (Å²) in [7, 11) is 13.1. The second-order valence-electron chi connectivity index (χ2n) is 18.2. The molecule has 364 valence electrons. The third kappa shape index (κ3) is 8.55. The van der Waals surface area contributed by atoms with Gasteiger partial charge in [-0.15, -0.1) is 0 Å². The number of carbonyl (C=O) groups is 2. The van der Waals surface area contributed by atoms with Crippen molar-refractivity contribution in [1.29, 1.82) is 0 Å². The lowest BCUT2D eigenvalue weighted by molar-refractivity contribution is -0.0188. The molecular weight excluding hydrogens is 905 g/mol. The number of benzene rings is 3. The van der Waals surface area contributed by atoms with Gasteiger partial charge in [0.15, 0.2) is 22.9 Å². The third-order valence-corrected chi connectivity index (χ3v) is 16.4. The van der Waals surface area contributed by atoms with Crippen molar-refractivity contribution in [3.8, 4) is 17.2 Å². The van der Waals surface area contributed by atoms with Crippen LogP contribution < -0.4 is 34.6 Å². The van der Waals surface area contributed by atoms with Crippen molar-refractivity contribution >= 4 is 50.9 Å². The molecule has 1 aliphatic carbocycles. The molecule has 16 heteroatoms.